The van der Waals surface area contributed by atoms with Gasteiger partial charge in [-0.2, -0.15) is 0 Å². The van der Waals surface area contributed by atoms with Crippen LogP contribution in [0.1, 0.15) is 30.1 Å². The minimum atomic E-state index is -0.00694. The second-order valence-electron chi connectivity index (χ2n) is 4.14. The Bertz CT molecular complexity index is 390. The van der Waals surface area contributed by atoms with Crippen LogP contribution in [0.25, 0.3) is 0 Å². The molecule has 0 spiro atoms. The van der Waals surface area contributed by atoms with Crippen molar-refractivity contribution in [3.05, 3.63) is 29.0 Å². The van der Waals surface area contributed by atoms with E-state index in [9.17, 15) is 4.79 Å². The fourth-order valence-electron chi connectivity index (χ4n) is 1.67. The predicted octanol–water partition coefficient (Wildman–Crippen LogP) is 2.61. The maximum atomic E-state index is 12.2. The van der Waals surface area contributed by atoms with Crippen LogP contribution in [0.3, 0.4) is 0 Å². The molecular formula is C12H15ClN2O. The number of amides is 1. The molecule has 0 radical (unpaired) electrons. The van der Waals surface area contributed by atoms with Crippen LogP contribution in [0, 0.1) is 5.92 Å². The smallest absolute Gasteiger partial charge is 0.256 e. The molecule has 0 bridgehead atoms. The Morgan fingerprint density at radius 3 is 2.94 bits per heavy atom. The molecule has 1 aromatic heterocycles. The van der Waals surface area contributed by atoms with Crippen molar-refractivity contribution in [2.24, 2.45) is 5.92 Å². The van der Waals surface area contributed by atoms with Crippen LogP contribution < -0.4 is 0 Å². The minimum Gasteiger partial charge on any atom is -0.339 e. The average molecular weight is 239 g/mol. The number of rotatable bonds is 4. The van der Waals surface area contributed by atoms with E-state index < -0.39 is 0 Å². The van der Waals surface area contributed by atoms with Crippen LogP contribution in [-0.2, 0) is 0 Å². The normalized spacial score (nSPS) is 14.9. The standard InChI is InChI=1S/C12H15ClN2O/c1-2-15(8-9-3-4-9)12(16)10-7-14-6-5-11(10)13/h5-7,9H,2-4,8H2,1H3. The SMILES string of the molecule is CCN(CC1CC1)C(=O)c1cnccc1Cl. The van der Waals surface area contributed by atoms with Crippen molar-refractivity contribution in [1.82, 2.24) is 9.88 Å². The number of nitrogens with zero attached hydrogens (tertiary/aromatic N) is 2. The van der Waals surface area contributed by atoms with Crippen molar-refractivity contribution in [2.75, 3.05) is 13.1 Å². The van der Waals surface area contributed by atoms with E-state index in [4.69, 9.17) is 11.6 Å². The number of carbonyl (C=O) groups is 1. The first-order valence-corrected chi connectivity index (χ1v) is 5.99. The zero-order valence-corrected chi connectivity index (χ0v) is 10.1. The molecule has 1 aliphatic carbocycles. The van der Waals surface area contributed by atoms with Crippen molar-refractivity contribution in [3.8, 4) is 0 Å². The number of carbonyl (C=O) groups excluding carboxylic acids is 1. The van der Waals surface area contributed by atoms with E-state index in [2.05, 4.69) is 4.98 Å². The first-order valence-electron chi connectivity index (χ1n) is 5.61. The molecule has 0 N–H and O–H groups in total. The molecule has 1 aliphatic rings. The van der Waals surface area contributed by atoms with Gasteiger partial charge in [0.1, 0.15) is 0 Å². The Kier molecular flexibility index (Phi) is 3.44. The highest BCUT2D eigenvalue weighted by Gasteiger charge is 2.27. The van der Waals surface area contributed by atoms with Crippen molar-refractivity contribution >= 4 is 17.5 Å². The van der Waals surface area contributed by atoms with Gasteiger partial charge in [0.05, 0.1) is 10.6 Å². The van der Waals surface area contributed by atoms with Crippen LogP contribution >= 0.6 is 11.6 Å². The van der Waals surface area contributed by atoms with Crippen LogP contribution in [0.15, 0.2) is 18.5 Å². The number of pyridine rings is 1. The van der Waals surface area contributed by atoms with Gasteiger partial charge in [0, 0.05) is 25.5 Å². The largest absolute Gasteiger partial charge is 0.339 e. The predicted molar refractivity (Wildman–Crippen MR) is 63.5 cm³/mol. The van der Waals surface area contributed by atoms with E-state index in [-0.39, 0.29) is 5.91 Å². The summed E-state index contributed by atoms with van der Waals surface area (Å²) < 4.78 is 0. The molecule has 1 amide bonds. The summed E-state index contributed by atoms with van der Waals surface area (Å²) in [5, 5.41) is 0.481. The van der Waals surface area contributed by atoms with E-state index >= 15 is 0 Å². The average Bonchev–Trinajstić information content (AvgIpc) is 3.09. The number of hydrogen-bond donors (Lipinski definition) is 0. The highest BCUT2D eigenvalue weighted by atomic mass is 35.5. The summed E-state index contributed by atoms with van der Waals surface area (Å²) in [5.74, 6) is 0.687. The van der Waals surface area contributed by atoms with Crippen molar-refractivity contribution in [1.29, 1.82) is 0 Å². The Morgan fingerprint density at radius 1 is 1.62 bits per heavy atom. The molecule has 1 heterocycles. The lowest BCUT2D eigenvalue weighted by Crippen LogP contribution is -2.32. The Balaban J connectivity index is 2.12. The molecule has 0 aliphatic heterocycles. The molecule has 0 saturated heterocycles. The van der Waals surface area contributed by atoms with Crippen LogP contribution in [0.2, 0.25) is 5.02 Å². The third kappa shape index (κ3) is 2.53. The number of hydrogen-bond acceptors (Lipinski definition) is 2. The molecule has 1 saturated carbocycles. The molecule has 0 unspecified atom stereocenters. The Morgan fingerprint density at radius 2 is 2.38 bits per heavy atom. The summed E-state index contributed by atoms with van der Waals surface area (Å²) in [7, 11) is 0. The lowest BCUT2D eigenvalue weighted by atomic mass is 10.2. The maximum Gasteiger partial charge on any atom is 0.256 e. The van der Waals surface area contributed by atoms with Crippen molar-refractivity contribution in [3.63, 3.8) is 0 Å². The summed E-state index contributed by atoms with van der Waals surface area (Å²) in [6.45, 7) is 3.56. The first-order chi connectivity index (χ1) is 7.72. The van der Waals surface area contributed by atoms with Gasteiger partial charge in [-0.3, -0.25) is 9.78 Å². The van der Waals surface area contributed by atoms with E-state index in [0.29, 0.717) is 16.5 Å². The van der Waals surface area contributed by atoms with Crippen molar-refractivity contribution in [2.45, 2.75) is 19.8 Å². The van der Waals surface area contributed by atoms with E-state index in [1.807, 2.05) is 11.8 Å². The zero-order chi connectivity index (χ0) is 11.5. The lowest BCUT2D eigenvalue weighted by molar-refractivity contribution is 0.0756. The summed E-state index contributed by atoms with van der Waals surface area (Å²) in [6.07, 6.45) is 5.62. The van der Waals surface area contributed by atoms with Gasteiger partial charge in [-0.1, -0.05) is 11.6 Å². The Hall–Kier alpha value is -1.09. The van der Waals surface area contributed by atoms with Crippen LogP contribution in [0.4, 0.5) is 0 Å². The van der Waals surface area contributed by atoms with Gasteiger partial charge in [0.2, 0.25) is 0 Å². The third-order valence-electron chi connectivity index (χ3n) is 2.84. The molecule has 0 atom stereocenters. The van der Waals surface area contributed by atoms with Crippen molar-refractivity contribution < 1.29 is 4.79 Å². The summed E-state index contributed by atoms with van der Waals surface area (Å²) in [6, 6.07) is 1.65. The highest BCUT2D eigenvalue weighted by molar-refractivity contribution is 6.33. The molecule has 1 aromatic rings. The third-order valence-corrected chi connectivity index (χ3v) is 3.17. The first kappa shape index (κ1) is 11.4. The van der Waals surface area contributed by atoms with Crippen LogP contribution in [0.5, 0.6) is 0 Å². The van der Waals surface area contributed by atoms with Gasteiger partial charge >= 0.3 is 0 Å². The molecule has 4 heteroatoms. The topological polar surface area (TPSA) is 33.2 Å². The van der Waals surface area contributed by atoms with Gasteiger partial charge in [-0.15, -0.1) is 0 Å². The fourth-order valence-corrected chi connectivity index (χ4v) is 1.86. The van der Waals surface area contributed by atoms with E-state index in [1.54, 1.807) is 18.5 Å². The molecule has 2 rings (SSSR count). The summed E-state index contributed by atoms with van der Waals surface area (Å²) >= 11 is 5.98. The second kappa shape index (κ2) is 4.83. The monoisotopic (exact) mass is 238 g/mol. The van der Waals surface area contributed by atoms with Gasteiger partial charge in [0.15, 0.2) is 0 Å². The summed E-state index contributed by atoms with van der Waals surface area (Å²) in [4.78, 5) is 18.0. The molecular weight excluding hydrogens is 224 g/mol. The molecule has 16 heavy (non-hydrogen) atoms. The van der Waals surface area contributed by atoms with E-state index in [1.165, 1.54) is 12.8 Å². The maximum absolute atomic E-state index is 12.2. The quantitative estimate of drug-likeness (QED) is 0.808. The van der Waals surface area contributed by atoms with Gasteiger partial charge in [-0.05, 0) is 31.7 Å². The molecule has 86 valence electrons. The molecule has 1 fully saturated rings. The fraction of sp³-hybridized carbons (Fsp3) is 0.500. The lowest BCUT2D eigenvalue weighted by Gasteiger charge is -2.20. The minimum absolute atomic E-state index is 0.00694. The van der Waals surface area contributed by atoms with E-state index in [0.717, 1.165) is 13.1 Å². The second-order valence-corrected chi connectivity index (χ2v) is 4.55. The zero-order valence-electron chi connectivity index (χ0n) is 9.32. The Labute approximate surface area is 100 Å². The number of halogens is 1. The molecule has 0 aromatic carbocycles. The van der Waals surface area contributed by atoms with Gasteiger partial charge < -0.3 is 4.90 Å². The van der Waals surface area contributed by atoms with Gasteiger partial charge in [0.25, 0.3) is 5.91 Å². The number of aromatic nitrogens is 1. The van der Waals surface area contributed by atoms with Crippen LogP contribution in [-0.4, -0.2) is 28.9 Å². The summed E-state index contributed by atoms with van der Waals surface area (Å²) in [5.41, 5.74) is 0.506. The highest BCUT2D eigenvalue weighted by Crippen LogP contribution is 2.30. The van der Waals surface area contributed by atoms with Gasteiger partial charge in [-0.25, -0.2) is 0 Å². The molecule has 3 nitrogen and oxygen atoms in total.